The summed E-state index contributed by atoms with van der Waals surface area (Å²) in [5.41, 5.74) is 0.835. The second-order valence-electron chi connectivity index (χ2n) is 5.32. The fourth-order valence-electron chi connectivity index (χ4n) is 2.31. The normalized spacial score (nSPS) is 11.3. The van der Waals surface area contributed by atoms with E-state index in [9.17, 15) is 9.90 Å². The zero-order chi connectivity index (χ0) is 16.4. The van der Waals surface area contributed by atoms with E-state index in [1.54, 1.807) is 30.4 Å². The molecule has 122 valence electrons. The van der Waals surface area contributed by atoms with Gasteiger partial charge >= 0.3 is 0 Å². The van der Waals surface area contributed by atoms with Crippen molar-refractivity contribution in [2.75, 3.05) is 26.7 Å². The highest BCUT2D eigenvalue weighted by Crippen LogP contribution is 2.26. The first-order valence-corrected chi connectivity index (χ1v) is 7.91. The molecule has 0 bridgehead atoms. The maximum absolute atomic E-state index is 12.0. The first-order valence-electron chi connectivity index (χ1n) is 7.91. The van der Waals surface area contributed by atoms with Crippen LogP contribution in [-0.2, 0) is 4.79 Å². The highest BCUT2D eigenvalue weighted by molar-refractivity contribution is 5.93. The van der Waals surface area contributed by atoms with Gasteiger partial charge in [0, 0.05) is 13.0 Å². The first-order chi connectivity index (χ1) is 10.6. The highest BCUT2D eigenvalue weighted by atomic mass is 16.5. The fourth-order valence-corrected chi connectivity index (χ4v) is 2.31. The van der Waals surface area contributed by atoms with E-state index in [0.717, 1.165) is 38.0 Å². The maximum atomic E-state index is 12.0. The van der Waals surface area contributed by atoms with Crippen LogP contribution in [0.25, 0.3) is 6.08 Å². The number of carbonyl (C=O) groups excluding carboxylic acids is 1. The molecule has 1 aromatic rings. The Hall–Kier alpha value is -1.81. The zero-order valence-corrected chi connectivity index (χ0v) is 13.8. The predicted molar refractivity (Wildman–Crippen MR) is 90.3 cm³/mol. The molecule has 0 spiro atoms. The van der Waals surface area contributed by atoms with E-state index < -0.39 is 0 Å². The molecule has 0 aliphatic rings. The fraction of sp³-hybridized carbons (Fsp3) is 0.500. The molecule has 4 nitrogen and oxygen atoms in total. The van der Waals surface area contributed by atoms with Crippen LogP contribution in [0.4, 0.5) is 0 Å². The third-order valence-corrected chi connectivity index (χ3v) is 3.42. The van der Waals surface area contributed by atoms with Gasteiger partial charge in [-0.15, -0.1) is 0 Å². The lowest BCUT2D eigenvalue weighted by molar-refractivity contribution is -0.114. The minimum atomic E-state index is 0.0979. The van der Waals surface area contributed by atoms with Crippen molar-refractivity contribution in [3.05, 3.63) is 29.8 Å². The lowest BCUT2D eigenvalue weighted by Gasteiger charge is -2.19. The molecule has 0 atom stereocenters. The van der Waals surface area contributed by atoms with Crippen molar-refractivity contribution >= 4 is 11.9 Å². The summed E-state index contributed by atoms with van der Waals surface area (Å²) in [6.45, 7) is 7.20. The first kappa shape index (κ1) is 18.2. The highest BCUT2D eigenvalue weighted by Gasteiger charge is 2.05. The molecular weight excluding hydrogens is 278 g/mol. The van der Waals surface area contributed by atoms with Gasteiger partial charge in [-0.1, -0.05) is 26.0 Å². The number of allylic oxidation sites excluding steroid dienone is 1. The Morgan fingerprint density at radius 2 is 1.91 bits per heavy atom. The number of phenols is 1. The Morgan fingerprint density at radius 1 is 1.23 bits per heavy atom. The van der Waals surface area contributed by atoms with E-state index >= 15 is 0 Å². The third-order valence-electron chi connectivity index (χ3n) is 3.42. The predicted octanol–water partition coefficient (Wildman–Crippen LogP) is 3.50. The molecule has 0 unspecified atom stereocenters. The van der Waals surface area contributed by atoms with E-state index in [-0.39, 0.29) is 11.5 Å². The number of carbonyl (C=O) groups is 1. The number of methoxy groups -OCH3 is 1. The lowest BCUT2D eigenvalue weighted by atomic mass is 10.1. The van der Waals surface area contributed by atoms with Crippen molar-refractivity contribution in [3.8, 4) is 11.5 Å². The SMILES string of the molecule is CCCN(CCC)CCC(=O)/C=C/c1ccc(O)c(OC)c1. The van der Waals surface area contributed by atoms with Crippen LogP contribution < -0.4 is 4.74 Å². The van der Waals surface area contributed by atoms with Crippen LogP contribution in [-0.4, -0.2) is 42.5 Å². The van der Waals surface area contributed by atoms with Gasteiger partial charge in [-0.05, 0) is 49.7 Å². The van der Waals surface area contributed by atoms with E-state index in [2.05, 4.69) is 18.7 Å². The van der Waals surface area contributed by atoms with Gasteiger partial charge in [0.05, 0.1) is 7.11 Å². The summed E-state index contributed by atoms with van der Waals surface area (Å²) in [6.07, 6.45) is 6.11. The van der Waals surface area contributed by atoms with E-state index in [0.29, 0.717) is 12.2 Å². The number of hydrogen-bond donors (Lipinski definition) is 1. The molecule has 0 saturated carbocycles. The molecule has 0 radical (unpaired) electrons. The molecule has 1 rings (SSSR count). The number of benzene rings is 1. The monoisotopic (exact) mass is 305 g/mol. The van der Waals surface area contributed by atoms with Crippen molar-refractivity contribution < 1.29 is 14.6 Å². The Morgan fingerprint density at radius 3 is 2.50 bits per heavy atom. The Bertz CT molecular complexity index is 491. The second kappa shape index (κ2) is 10.0. The number of nitrogens with zero attached hydrogens (tertiary/aromatic N) is 1. The van der Waals surface area contributed by atoms with Crippen molar-refractivity contribution in [2.24, 2.45) is 0 Å². The summed E-state index contributed by atoms with van der Waals surface area (Å²) in [5.74, 6) is 0.622. The van der Waals surface area contributed by atoms with Gasteiger partial charge in [0.25, 0.3) is 0 Å². The quantitative estimate of drug-likeness (QED) is 0.672. The van der Waals surface area contributed by atoms with Gasteiger partial charge in [0.1, 0.15) is 0 Å². The van der Waals surface area contributed by atoms with Crippen LogP contribution in [0.5, 0.6) is 11.5 Å². The van der Waals surface area contributed by atoms with Gasteiger partial charge < -0.3 is 14.7 Å². The molecule has 1 N–H and O–H groups in total. The van der Waals surface area contributed by atoms with Crippen molar-refractivity contribution in [1.29, 1.82) is 0 Å². The molecule has 22 heavy (non-hydrogen) atoms. The van der Waals surface area contributed by atoms with Crippen LogP contribution in [0.15, 0.2) is 24.3 Å². The molecule has 0 aliphatic heterocycles. The number of rotatable bonds is 10. The van der Waals surface area contributed by atoms with Gasteiger partial charge in [-0.3, -0.25) is 4.79 Å². The Labute approximate surface area is 133 Å². The summed E-state index contributed by atoms with van der Waals surface area (Å²) in [7, 11) is 1.50. The molecule has 0 amide bonds. The number of ether oxygens (including phenoxy) is 1. The van der Waals surface area contributed by atoms with E-state index in [1.807, 2.05) is 0 Å². The zero-order valence-electron chi connectivity index (χ0n) is 13.8. The molecular formula is C18H27NO3. The van der Waals surface area contributed by atoms with E-state index in [4.69, 9.17) is 4.74 Å². The van der Waals surface area contributed by atoms with Crippen molar-refractivity contribution in [3.63, 3.8) is 0 Å². The minimum absolute atomic E-state index is 0.0979. The number of phenolic OH excluding ortho intramolecular Hbond substituents is 1. The molecule has 1 aromatic carbocycles. The topological polar surface area (TPSA) is 49.8 Å². The molecule has 0 aromatic heterocycles. The summed E-state index contributed by atoms with van der Waals surface area (Å²) in [4.78, 5) is 14.3. The van der Waals surface area contributed by atoms with Crippen LogP contribution in [0.3, 0.4) is 0 Å². The standard InChI is InChI=1S/C18H27NO3/c1-4-11-19(12-5-2)13-10-16(20)8-6-15-7-9-17(21)18(14-15)22-3/h6-9,14,21H,4-5,10-13H2,1-3H3/b8-6+. The molecule has 0 saturated heterocycles. The summed E-state index contributed by atoms with van der Waals surface area (Å²) in [6, 6.07) is 5.02. The van der Waals surface area contributed by atoms with E-state index in [1.165, 1.54) is 7.11 Å². The summed E-state index contributed by atoms with van der Waals surface area (Å²) < 4.78 is 5.05. The van der Waals surface area contributed by atoms with Crippen molar-refractivity contribution in [2.45, 2.75) is 33.1 Å². The van der Waals surface area contributed by atoms with Crippen LogP contribution in [0.1, 0.15) is 38.7 Å². The average Bonchev–Trinajstić information content (AvgIpc) is 2.52. The summed E-state index contributed by atoms with van der Waals surface area (Å²) >= 11 is 0. The average molecular weight is 305 g/mol. The van der Waals surface area contributed by atoms with Crippen LogP contribution in [0, 0.1) is 0 Å². The van der Waals surface area contributed by atoms with Gasteiger partial charge in [0.15, 0.2) is 17.3 Å². The molecule has 4 heteroatoms. The summed E-state index contributed by atoms with van der Waals surface area (Å²) in [5, 5.41) is 9.54. The number of ketones is 1. The van der Waals surface area contributed by atoms with Gasteiger partial charge in [0.2, 0.25) is 0 Å². The lowest BCUT2D eigenvalue weighted by Crippen LogP contribution is -2.27. The Kier molecular flexibility index (Phi) is 8.30. The van der Waals surface area contributed by atoms with Gasteiger partial charge in [-0.2, -0.15) is 0 Å². The van der Waals surface area contributed by atoms with Crippen LogP contribution >= 0.6 is 0 Å². The number of hydrogen-bond acceptors (Lipinski definition) is 4. The minimum Gasteiger partial charge on any atom is -0.504 e. The number of aromatic hydroxyl groups is 1. The largest absolute Gasteiger partial charge is 0.504 e. The van der Waals surface area contributed by atoms with Crippen LogP contribution in [0.2, 0.25) is 0 Å². The smallest absolute Gasteiger partial charge is 0.161 e. The maximum Gasteiger partial charge on any atom is 0.161 e. The van der Waals surface area contributed by atoms with Crippen molar-refractivity contribution in [1.82, 2.24) is 4.90 Å². The Balaban J connectivity index is 2.53. The molecule has 0 fully saturated rings. The third kappa shape index (κ3) is 6.31. The second-order valence-corrected chi connectivity index (χ2v) is 5.32. The van der Waals surface area contributed by atoms with Gasteiger partial charge in [-0.25, -0.2) is 0 Å². The molecule has 0 aliphatic carbocycles. The molecule has 0 heterocycles.